The van der Waals surface area contributed by atoms with Crippen molar-refractivity contribution in [2.45, 2.75) is 91.6 Å². The molecule has 1 nitrogen and oxygen atoms in total. The number of hydrogen-bond acceptors (Lipinski definition) is 1. The van der Waals surface area contributed by atoms with Crippen molar-refractivity contribution in [2.24, 2.45) is 23.2 Å². The minimum absolute atomic E-state index is 0.514. The van der Waals surface area contributed by atoms with Gasteiger partial charge in [-0.15, -0.1) is 0 Å². The van der Waals surface area contributed by atoms with E-state index in [4.69, 9.17) is 0 Å². The first kappa shape index (κ1) is 15.4. The van der Waals surface area contributed by atoms with Crippen LogP contribution in [0.3, 0.4) is 0 Å². The van der Waals surface area contributed by atoms with Gasteiger partial charge >= 0.3 is 0 Å². The Morgan fingerprint density at radius 1 is 1.05 bits per heavy atom. The predicted molar refractivity (Wildman–Crippen MR) is 84.3 cm³/mol. The maximum atomic E-state index is 3.97. The molecule has 0 amide bonds. The lowest BCUT2D eigenvalue weighted by Crippen LogP contribution is -2.50. The lowest BCUT2D eigenvalue weighted by atomic mass is 9.69. The van der Waals surface area contributed by atoms with Crippen LogP contribution in [0.4, 0.5) is 0 Å². The first-order valence-electron chi connectivity index (χ1n) is 8.59. The molecule has 0 bridgehead atoms. The molecule has 0 aromatic heterocycles. The fraction of sp³-hybridized carbons (Fsp3) is 1.00. The minimum atomic E-state index is 0.514. The monoisotopic (exact) mass is 265 g/mol. The molecular formula is C18H35N. The third-order valence-electron chi connectivity index (χ3n) is 5.08. The normalized spacial score (nSPS) is 36.3. The summed E-state index contributed by atoms with van der Waals surface area (Å²) in [7, 11) is 0. The van der Waals surface area contributed by atoms with Gasteiger partial charge in [0.25, 0.3) is 0 Å². The van der Waals surface area contributed by atoms with Crippen LogP contribution < -0.4 is 5.32 Å². The fourth-order valence-corrected chi connectivity index (χ4v) is 4.51. The van der Waals surface area contributed by atoms with Crippen molar-refractivity contribution in [2.75, 3.05) is 0 Å². The summed E-state index contributed by atoms with van der Waals surface area (Å²) in [4.78, 5) is 0. The van der Waals surface area contributed by atoms with Gasteiger partial charge in [-0.1, -0.05) is 34.6 Å². The maximum absolute atomic E-state index is 3.97. The first-order chi connectivity index (χ1) is 8.83. The molecule has 4 atom stereocenters. The molecule has 1 N–H and O–H groups in total. The van der Waals surface area contributed by atoms with Gasteiger partial charge < -0.3 is 5.32 Å². The van der Waals surface area contributed by atoms with E-state index in [2.05, 4.69) is 39.9 Å². The molecule has 0 radical (unpaired) electrons. The van der Waals surface area contributed by atoms with Crippen LogP contribution in [0, 0.1) is 23.2 Å². The van der Waals surface area contributed by atoms with E-state index < -0.39 is 0 Å². The molecule has 4 unspecified atom stereocenters. The molecule has 1 aliphatic carbocycles. The molecule has 0 aromatic rings. The van der Waals surface area contributed by atoms with Gasteiger partial charge in [-0.2, -0.15) is 0 Å². The quantitative estimate of drug-likeness (QED) is 0.756. The van der Waals surface area contributed by atoms with Crippen LogP contribution in [0.25, 0.3) is 0 Å². The second kappa shape index (κ2) is 6.16. The summed E-state index contributed by atoms with van der Waals surface area (Å²) in [5.41, 5.74) is 0.514. The van der Waals surface area contributed by atoms with Gasteiger partial charge in [-0.3, -0.25) is 0 Å². The first-order valence-corrected chi connectivity index (χ1v) is 8.59. The maximum Gasteiger partial charge on any atom is 0.00981 e. The molecule has 1 heterocycles. The van der Waals surface area contributed by atoms with Crippen molar-refractivity contribution in [1.82, 2.24) is 5.32 Å². The Hall–Kier alpha value is -0.0400. The Morgan fingerprint density at radius 2 is 1.79 bits per heavy atom. The highest BCUT2D eigenvalue weighted by molar-refractivity contribution is 4.92. The van der Waals surface area contributed by atoms with Crippen LogP contribution >= 0.6 is 0 Å². The highest BCUT2D eigenvalue weighted by Gasteiger charge is 2.36. The van der Waals surface area contributed by atoms with Crippen LogP contribution in [0.2, 0.25) is 0 Å². The van der Waals surface area contributed by atoms with Crippen molar-refractivity contribution in [3.63, 3.8) is 0 Å². The molecule has 2 fully saturated rings. The molecule has 1 saturated carbocycles. The minimum Gasteiger partial charge on any atom is -0.311 e. The number of piperidine rings is 1. The van der Waals surface area contributed by atoms with Gasteiger partial charge in [0.05, 0.1) is 0 Å². The van der Waals surface area contributed by atoms with Crippen molar-refractivity contribution < 1.29 is 0 Å². The van der Waals surface area contributed by atoms with Crippen molar-refractivity contribution in [3.8, 4) is 0 Å². The summed E-state index contributed by atoms with van der Waals surface area (Å²) in [5, 5.41) is 3.97. The smallest absolute Gasteiger partial charge is 0.00981 e. The second-order valence-electron chi connectivity index (χ2n) is 8.88. The van der Waals surface area contributed by atoms with E-state index >= 15 is 0 Å². The lowest BCUT2D eigenvalue weighted by Gasteiger charge is -2.44. The molecule has 1 aliphatic heterocycles. The molecule has 2 aliphatic rings. The molecule has 1 saturated heterocycles. The summed E-state index contributed by atoms with van der Waals surface area (Å²) < 4.78 is 0. The second-order valence-corrected chi connectivity index (χ2v) is 8.88. The Labute approximate surface area is 120 Å². The number of nitrogens with one attached hydrogen (secondary N) is 1. The largest absolute Gasteiger partial charge is 0.311 e. The van der Waals surface area contributed by atoms with E-state index in [9.17, 15) is 0 Å². The Balaban J connectivity index is 1.82. The molecule has 112 valence electrons. The van der Waals surface area contributed by atoms with E-state index in [1.807, 2.05) is 0 Å². The summed E-state index contributed by atoms with van der Waals surface area (Å²) in [6.45, 7) is 11.9. The molecular weight excluding hydrogens is 230 g/mol. The van der Waals surface area contributed by atoms with Gasteiger partial charge in [-0.25, -0.2) is 0 Å². The number of rotatable bonds is 3. The summed E-state index contributed by atoms with van der Waals surface area (Å²) in [5.74, 6) is 2.81. The van der Waals surface area contributed by atoms with Crippen molar-refractivity contribution in [1.29, 1.82) is 0 Å². The zero-order chi connectivity index (χ0) is 14.0. The molecule has 1 heteroatoms. The average molecular weight is 265 g/mol. The van der Waals surface area contributed by atoms with Gasteiger partial charge in [0.2, 0.25) is 0 Å². The van der Waals surface area contributed by atoms with Crippen LogP contribution in [-0.4, -0.2) is 12.1 Å². The van der Waals surface area contributed by atoms with Crippen LogP contribution in [0.15, 0.2) is 0 Å². The Bertz CT molecular complexity index is 276. The highest BCUT2D eigenvalue weighted by Crippen LogP contribution is 2.40. The Kier molecular flexibility index (Phi) is 4.98. The lowest BCUT2D eigenvalue weighted by molar-refractivity contribution is 0.111. The van der Waals surface area contributed by atoms with Crippen LogP contribution in [0.1, 0.15) is 79.6 Å². The predicted octanol–water partition coefficient (Wildman–Crippen LogP) is 5.01. The summed E-state index contributed by atoms with van der Waals surface area (Å²) in [6, 6.07) is 1.65. The van der Waals surface area contributed by atoms with E-state index in [1.54, 1.807) is 0 Å². The van der Waals surface area contributed by atoms with Crippen LogP contribution in [-0.2, 0) is 0 Å². The van der Waals surface area contributed by atoms with E-state index in [0.717, 1.165) is 29.8 Å². The fourth-order valence-electron chi connectivity index (χ4n) is 4.51. The number of fused-ring (bicyclic) bond motifs is 1. The van der Waals surface area contributed by atoms with Gasteiger partial charge in [0.1, 0.15) is 0 Å². The number of hydrogen-bond donors (Lipinski definition) is 1. The summed E-state index contributed by atoms with van der Waals surface area (Å²) >= 11 is 0. The van der Waals surface area contributed by atoms with E-state index in [1.165, 1.54) is 44.9 Å². The van der Waals surface area contributed by atoms with Gasteiger partial charge in [0, 0.05) is 12.1 Å². The third-order valence-corrected chi connectivity index (χ3v) is 5.08. The molecule has 2 rings (SSSR count). The zero-order valence-electron chi connectivity index (χ0n) is 13.8. The van der Waals surface area contributed by atoms with Gasteiger partial charge in [0.15, 0.2) is 0 Å². The molecule has 0 aromatic carbocycles. The Morgan fingerprint density at radius 3 is 2.42 bits per heavy atom. The van der Waals surface area contributed by atoms with Crippen molar-refractivity contribution in [3.05, 3.63) is 0 Å². The van der Waals surface area contributed by atoms with Crippen LogP contribution in [0.5, 0.6) is 0 Å². The average Bonchev–Trinajstić information content (AvgIpc) is 2.26. The topological polar surface area (TPSA) is 12.0 Å². The zero-order valence-corrected chi connectivity index (χ0v) is 13.8. The van der Waals surface area contributed by atoms with Crippen molar-refractivity contribution >= 4 is 0 Å². The standard InChI is InChI=1S/C18H35N/c1-13(2)10-16-8-7-15-11-14(12-18(3,4)5)6-9-17(15)19-16/h13-17,19H,6-12H2,1-5H3. The molecule has 19 heavy (non-hydrogen) atoms. The van der Waals surface area contributed by atoms with E-state index in [0.29, 0.717) is 5.41 Å². The molecule has 0 spiro atoms. The summed E-state index contributed by atoms with van der Waals surface area (Å²) in [6.07, 6.45) is 10.1. The third kappa shape index (κ3) is 4.77. The SMILES string of the molecule is CC(C)CC1CCC2CC(CC(C)(C)C)CCC2N1. The highest BCUT2D eigenvalue weighted by atomic mass is 15.0. The van der Waals surface area contributed by atoms with E-state index in [-0.39, 0.29) is 0 Å². The van der Waals surface area contributed by atoms with Gasteiger partial charge in [-0.05, 0) is 68.1 Å².